The number of allylic oxidation sites excluding steroid dienone is 2. The maximum absolute atomic E-state index is 4.39. The fourth-order valence-electron chi connectivity index (χ4n) is 0.473. The van der Waals surface area contributed by atoms with Gasteiger partial charge in [-0.2, -0.15) is 4.98 Å². The van der Waals surface area contributed by atoms with Crippen LogP contribution in [0.2, 0.25) is 0 Å². The molecule has 0 amide bonds. The van der Waals surface area contributed by atoms with Crippen LogP contribution >= 0.6 is 0 Å². The zero-order valence-corrected chi connectivity index (χ0v) is 5.16. The van der Waals surface area contributed by atoms with Gasteiger partial charge in [0.25, 0.3) is 0 Å². The first kappa shape index (κ1) is 6.01. The molecule has 0 aromatic carbocycles. The van der Waals surface area contributed by atoms with Crippen LogP contribution < -0.4 is 0 Å². The molecule has 0 unspecified atom stereocenters. The molecule has 9 heavy (non-hydrogen) atoms. The van der Waals surface area contributed by atoms with Crippen molar-refractivity contribution in [1.29, 1.82) is 0 Å². The van der Waals surface area contributed by atoms with Crippen LogP contribution in [0.15, 0.2) is 16.7 Å². The normalized spacial score (nSPS) is 10.8. The van der Waals surface area contributed by atoms with Crippen molar-refractivity contribution in [3.63, 3.8) is 0 Å². The van der Waals surface area contributed by atoms with E-state index in [9.17, 15) is 0 Å². The molecule has 0 aliphatic heterocycles. The fraction of sp³-hybridized carbons (Fsp3) is 0.333. The minimum atomic E-state index is 0.674. The molecule has 47 valence electrons. The summed E-state index contributed by atoms with van der Waals surface area (Å²) >= 11 is 0. The summed E-state index contributed by atoms with van der Waals surface area (Å²) in [5.74, 6) is 0.674. The molecule has 0 aliphatic carbocycles. The first-order valence-corrected chi connectivity index (χ1v) is 2.73. The van der Waals surface area contributed by atoms with Crippen molar-refractivity contribution in [2.75, 3.05) is 0 Å². The predicted molar refractivity (Wildman–Crippen MR) is 31.7 cm³/mol. The molecule has 3 nitrogen and oxygen atoms in total. The van der Waals surface area contributed by atoms with E-state index in [2.05, 4.69) is 21.1 Å². The van der Waals surface area contributed by atoms with Gasteiger partial charge in [0, 0.05) is 6.42 Å². The SMILES string of the molecule is C/C=C/Cc1n[c]on1. The van der Waals surface area contributed by atoms with Crippen LogP contribution in [0.3, 0.4) is 0 Å². The van der Waals surface area contributed by atoms with Gasteiger partial charge in [0.05, 0.1) is 0 Å². The lowest BCUT2D eigenvalue weighted by Crippen LogP contribution is -1.81. The minimum Gasteiger partial charge on any atom is -0.329 e. The van der Waals surface area contributed by atoms with Gasteiger partial charge in [0.2, 0.25) is 0 Å². The summed E-state index contributed by atoms with van der Waals surface area (Å²) in [6.45, 7) is 1.95. The highest BCUT2D eigenvalue weighted by Gasteiger charge is 1.91. The summed E-state index contributed by atoms with van der Waals surface area (Å²) in [5, 5.41) is 3.56. The van der Waals surface area contributed by atoms with Crippen molar-refractivity contribution < 1.29 is 4.52 Å². The molecular weight excluding hydrogens is 116 g/mol. The maximum Gasteiger partial charge on any atom is 0.316 e. The monoisotopic (exact) mass is 123 g/mol. The highest BCUT2D eigenvalue weighted by Crippen LogP contribution is 1.89. The Morgan fingerprint density at radius 1 is 1.78 bits per heavy atom. The third-order valence-corrected chi connectivity index (χ3v) is 0.903. The Morgan fingerprint density at radius 3 is 3.22 bits per heavy atom. The molecule has 0 atom stereocenters. The third-order valence-electron chi connectivity index (χ3n) is 0.903. The lowest BCUT2D eigenvalue weighted by Gasteiger charge is -1.78. The van der Waals surface area contributed by atoms with Gasteiger partial charge >= 0.3 is 6.39 Å². The second-order valence-electron chi connectivity index (χ2n) is 1.58. The Labute approximate surface area is 53.4 Å². The zero-order chi connectivity index (χ0) is 6.53. The first-order valence-electron chi connectivity index (χ1n) is 2.73. The van der Waals surface area contributed by atoms with Gasteiger partial charge < -0.3 is 4.52 Å². The van der Waals surface area contributed by atoms with E-state index < -0.39 is 0 Å². The van der Waals surface area contributed by atoms with E-state index in [0.29, 0.717) is 5.82 Å². The molecule has 0 saturated carbocycles. The fourth-order valence-corrected chi connectivity index (χ4v) is 0.473. The second kappa shape index (κ2) is 3.02. The summed E-state index contributed by atoms with van der Waals surface area (Å²) in [7, 11) is 0. The Morgan fingerprint density at radius 2 is 2.67 bits per heavy atom. The van der Waals surface area contributed by atoms with Gasteiger partial charge in [0.1, 0.15) is 0 Å². The number of hydrogen-bond acceptors (Lipinski definition) is 3. The number of nitrogens with zero attached hydrogens (tertiary/aromatic N) is 2. The molecule has 0 aliphatic rings. The number of hydrogen-bond donors (Lipinski definition) is 0. The van der Waals surface area contributed by atoms with E-state index in [1.54, 1.807) is 0 Å². The quantitative estimate of drug-likeness (QED) is 0.550. The summed E-state index contributed by atoms with van der Waals surface area (Å²) < 4.78 is 4.39. The molecular formula is C6H7N2O. The maximum atomic E-state index is 4.39. The molecule has 0 fully saturated rings. The summed E-state index contributed by atoms with van der Waals surface area (Å²) in [5.41, 5.74) is 0. The molecule has 0 saturated heterocycles. The van der Waals surface area contributed by atoms with Gasteiger partial charge in [-0.25, -0.2) is 0 Å². The molecule has 1 radical (unpaired) electrons. The van der Waals surface area contributed by atoms with Crippen LogP contribution in [0.5, 0.6) is 0 Å². The van der Waals surface area contributed by atoms with Crippen molar-refractivity contribution in [1.82, 2.24) is 10.1 Å². The van der Waals surface area contributed by atoms with Crippen molar-refractivity contribution in [3.8, 4) is 0 Å². The van der Waals surface area contributed by atoms with Crippen LogP contribution in [-0.2, 0) is 6.42 Å². The summed E-state index contributed by atoms with van der Waals surface area (Å²) in [4.78, 5) is 3.70. The van der Waals surface area contributed by atoms with Gasteiger partial charge in [-0.1, -0.05) is 17.3 Å². The van der Waals surface area contributed by atoms with Gasteiger partial charge in [-0.15, -0.1) is 0 Å². The number of aromatic nitrogens is 2. The second-order valence-corrected chi connectivity index (χ2v) is 1.58. The van der Waals surface area contributed by atoms with Crippen LogP contribution in [0, 0.1) is 6.39 Å². The summed E-state index contributed by atoms with van der Waals surface area (Å²) in [6.07, 6.45) is 6.89. The minimum absolute atomic E-state index is 0.674. The Balaban J connectivity index is 2.48. The molecule has 0 spiro atoms. The summed E-state index contributed by atoms with van der Waals surface area (Å²) in [6, 6.07) is 0. The van der Waals surface area contributed by atoms with Crippen molar-refractivity contribution >= 4 is 0 Å². The zero-order valence-electron chi connectivity index (χ0n) is 5.16. The van der Waals surface area contributed by atoms with Crippen molar-refractivity contribution in [3.05, 3.63) is 24.4 Å². The van der Waals surface area contributed by atoms with E-state index in [1.165, 1.54) is 0 Å². The highest BCUT2D eigenvalue weighted by molar-refractivity contribution is 4.90. The van der Waals surface area contributed by atoms with Crippen LogP contribution in [0.4, 0.5) is 0 Å². The average Bonchev–Trinajstić information content (AvgIpc) is 2.34. The van der Waals surface area contributed by atoms with E-state index in [0.717, 1.165) is 6.42 Å². The van der Waals surface area contributed by atoms with E-state index in [4.69, 9.17) is 0 Å². The van der Waals surface area contributed by atoms with Gasteiger partial charge in [-0.3, -0.25) is 0 Å². The van der Waals surface area contributed by atoms with Crippen LogP contribution in [0.1, 0.15) is 12.7 Å². The molecule has 0 N–H and O–H groups in total. The van der Waals surface area contributed by atoms with Crippen LogP contribution in [0.25, 0.3) is 0 Å². The Bertz CT molecular complexity index is 179. The largest absolute Gasteiger partial charge is 0.329 e. The standard InChI is InChI=1S/C6H7N2O/c1-2-3-4-6-7-5-9-8-6/h2-3H,4H2,1H3/b3-2+. The van der Waals surface area contributed by atoms with Gasteiger partial charge in [0.15, 0.2) is 5.82 Å². The lowest BCUT2D eigenvalue weighted by molar-refractivity contribution is 0.404. The third kappa shape index (κ3) is 1.68. The Hall–Kier alpha value is -1.12. The van der Waals surface area contributed by atoms with Gasteiger partial charge in [-0.05, 0) is 6.92 Å². The molecule has 1 aromatic rings. The average molecular weight is 123 g/mol. The van der Waals surface area contributed by atoms with Crippen molar-refractivity contribution in [2.45, 2.75) is 13.3 Å². The first-order chi connectivity index (χ1) is 4.43. The predicted octanol–water partition coefficient (Wildman–Crippen LogP) is 0.988. The van der Waals surface area contributed by atoms with E-state index in [1.807, 2.05) is 19.1 Å². The smallest absolute Gasteiger partial charge is 0.316 e. The molecule has 1 rings (SSSR count). The highest BCUT2D eigenvalue weighted by atomic mass is 16.5. The van der Waals surface area contributed by atoms with Crippen LogP contribution in [-0.4, -0.2) is 10.1 Å². The van der Waals surface area contributed by atoms with E-state index in [-0.39, 0.29) is 0 Å². The molecule has 3 heteroatoms. The molecule has 1 heterocycles. The number of rotatable bonds is 2. The topological polar surface area (TPSA) is 38.9 Å². The molecule has 1 aromatic heterocycles. The van der Waals surface area contributed by atoms with Crippen molar-refractivity contribution in [2.24, 2.45) is 0 Å². The van der Waals surface area contributed by atoms with E-state index >= 15 is 0 Å². The molecule has 0 bridgehead atoms. The Kier molecular flexibility index (Phi) is 2.01. The lowest BCUT2D eigenvalue weighted by atomic mass is 10.4.